The summed E-state index contributed by atoms with van der Waals surface area (Å²) in [7, 11) is 0. The number of carbonyl (C=O) groups is 1. The monoisotopic (exact) mass is 383 g/mol. The Morgan fingerprint density at radius 3 is 2.64 bits per heavy atom. The second-order valence-corrected chi connectivity index (χ2v) is 6.55. The van der Waals surface area contributed by atoms with E-state index in [1.165, 1.54) is 12.1 Å². The lowest BCUT2D eigenvalue weighted by Crippen LogP contribution is -2.28. The fourth-order valence-corrected chi connectivity index (χ4v) is 3.17. The number of rotatable bonds is 4. The molecule has 0 aromatic heterocycles. The SMILES string of the molecule is CC(NC(=O)Cc1ccc2c(c1)OCCO2)c1cc(F)c(Cl)cc1Cl. The van der Waals surface area contributed by atoms with E-state index in [1.54, 1.807) is 19.1 Å². The van der Waals surface area contributed by atoms with Gasteiger partial charge in [0.25, 0.3) is 0 Å². The standard InChI is InChI=1S/C18H16Cl2FNO3/c1-10(12-8-15(21)14(20)9-13(12)19)22-18(23)7-11-2-3-16-17(6-11)25-5-4-24-16/h2-3,6,8-10H,4-5,7H2,1H3,(H,22,23). The van der Waals surface area contributed by atoms with E-state index in [0.717, 1.165) is 5.56 Å². The maximum absolute atomic E-state index is 13.6. The lowest BCUT2D eigenvalue weighted by atomic mass is 10.1. The molecule has 2 aromatic rings. The van der Waals surface area contributed by atoms with Gasteiger partial charge in [0.1, 0.15) is 19.0 Å². The zero-order chi connectivity index (χ0) is 18.0. The molecule has 1 unspecified atom stereocenters. The van der Waals surface area contributed by atoms with Crippen molar-refractivity contribution in [1.29, 1.82) is 0 Å². The van der Waals surface area contributed by atoms with Gasteiger partial charge in [-0.1, -0.05) is 29.3 Å². The predicted molar refractivity (Wildman–Crippen MR) is 94.1 cm³/mol. The minimum atomic E-state index is -0.575. The summed E-state index contributed by atoms with van der Waals surface area (Å²) in [6.07, 6.45) is 0.161. The molecule has 1 aliphatic rings. The van der Waals surface area contributed by atoms with Crippen molar-refractivity contribution in [2.45, 2.75) is 19.4 Å². The molecule has 1 aliphatic heterocycles. The highest BCUT2D eigenvalue weighted by Gasteiger charge is 2.17. The van der Waals surface area contributed by atoms with Gasteiger partial charge in [0.15, 0.2) is 11.5 Å². The fourth-order valence-electron chi connectivity index (χ4n) is 2.62. The Bertz CT molecular complexity index is 813. The van der Waals surface area contributed by atoms with Gasteiger partial charge < -0.3 is 14.8 Å². The van der Waals surface area contributed by atoms with Crippen LogP contribution in [-0.4, -0.2) is 19.1 Å². The minimum Gasteiger partial charge on any atom is -0.486 e. The number of carbonyl (C=O) groups excluding carboxylic acids is 1. The molecule has 0 saturated carbocycles. The highest BCUT2D eigenvalue weighted by molar-refractivity contribution is 6.35. The van der Waals surface area contributed by atoms with Crippen molar-refractivity contribution in [2.75, 3.05) is 13.2 Å². The molecule has 1 atom stereocenters. The average molecular weight is 384 g/mol. The number of nitrogens with one attached hydrogen (secondary N) is 1. The molecule has 0 fully saturated rings. The molecule has 1 amide bonds. The van der Waals surface area contributed by atoms with Gasteiger partial charge in [-0.2, -0.15) is 0 Å². The van der Waals surface area contributed by atoms with Gasteiger partial charge in [0, 0.05) is 5.02 Å². The second kappa shape index (κ2) is 7.50. The summed E-state index contributed by atoms with van der Waals surface area (Å²) < 4.78 is 24.6. The Morgan fingerprint density at radius 1 is 1.16 bits per heavy atom. The summed E-state index contributed by atoms with van der Waals surface area (Å²) in [6, 6.07) is 7.49. The van der Waals surface area contributed by atoms with Crippen LogP contribution in [0.3, 0.4) is 0 Å². The van der Waals surface area contributed by atoms with Crippen molar-refractivity contribution in [3.8, 4) is 11.5 Å². The van der Waals surface area contributed by atoms with Crippen molar-refractivity contribution in [3.63, 3.8) is 0 Å². The minimum absolute atomic E-state index is 0.0523. The van der Waals surface area contributed by atoms with Crippen LogP contribution in [0.15, 0.2) is 30.3 Å². The summed E-state index contributed by atoms with van der Waals surface area (Å²) in [5, 5.41) is 3.06. The molecule has 7 heteroatoms. The first-order valence-corrected chi connectivity index (χ1v) is 8.52. The third-order valence-electron chi connectivity index (χ3n) is 3.85. The van der Waals surface area contributed by atoms with Crippen LogP contribution < -0.4 is 14.8 Å². The summed E-state index contributed by atoms with van der Waals surface area (Å²) in [6.45, 7) is 2.74. The van der Waals surface area contributed by atoms with Crippen molar-refractivity contribution in [3.05, 3.63) is 57.3 Å². The number of amides is 1. The summed E-state index contributed by atoms with van der Waals surface area (Å²) in [5.41, 5.74) is 1.27. The van der Waals surface area contributed by atoms with E-state index in [4.69, 9.17) is 32.7 Å². The van der Waals surface area contributed by atoms with Crippen LogP contribution in [0.1, 0.15) is 24.1 Å². The molecule has 0 spiro atoms. The average Bonchev–Trinajstić information content (AvgIpc) is 2.57. The number of ether oxygens (including phenoxy) is 2. The first kappa shape index (κ1) is 17.8. The van der Waals surface area contributed by atoms with E-state index < -0.39 is 11.9 Å². The lowest BCUT2D eigenvalue weighted by Gasteiger charge is -2.19. The van der Waals surface area contributed by atoms with Crippen LogP contribution >= 0.6 is 23.2 Å². The Labute approximate surface area is 154 Å². The zero-order valence-electron chi connectivity index (χ0n) is 13.4. The molecule has 0 radical (unpaired) electrons. The van der Waals surface area contributed by atoms with Crippen LogP contribution in [0.5, 0.6) is 11.5 Å². The molecule has 0 bridgehead atoms. The van der Waals surface area contributed by atoms with Crippen LogP contribution in [0, 0.1) is 5.82 Å². The first-order chi connectivity index (χ1) is 11.9. The second-order valence-electron chi connectivity index (χ2n) is 5.73. The number of hydrogen-bond acceptors (Lipinski definition) is 3. The Kier molecular flexibility index (Phi) is 5.35. The van der Waals surface area contributed by atoms with Crippen LogP contribution in [-0.2, 0) is 11.2 Å². The van der Waals surface area contributed by atoms with E-state index in [0.29, 0.717) is 35.3 Å². The molecular formula is C18H16Cl2FNO3. The van der Waals surface area contributed by atoms with Crippen molar-refractivity contribution >= 4 is 29.1 Å². The van der Waals surface area contributed by atoms with Crippen molar-refractivity contribution in [1.82, 2.24) is 5.32 Å². The molecule has 4 nitrogen and oxygen atoms in total. The molecule has 2 aromatic carbocycles. The maximum atomic E-state index is 13.6. The lowest BCUT2D eigenvalue weighted by molar-refractivity contribution is -0.121. The molecule has 1 heterocycles. The van der Waals surface area contributed by atoms with Gasteiger partial charge in [-0.15, -0.1) is 0 Å². The van der Waals surface area contributed by atoms with E-state index in [-0.39, 0.29) is 17.4 Å². The van der Waals surface area contributed by atoms with Crippen LogP contribution in [0.25, 0.3) is 0 Å². The third-order valence-corrected chi connectivity index (χ3v) is 4.47. The van der Waals surface area contributed by atoms with Gasteiger partial charge in [0.2, 0.25) is 5.91 Å². The Balaban J connectivity index is 1.67. The first-order valence-electron chi connectivity index (χ1n) is 7.76. The van der Waals surface area contributed by atoms with Gasteiger partial charge in [-0.05, 0) is 42.3 Å². The summed E-state index contributed by atoms with van der Waals surface area (Å²) in [5.74, 6) is 0.518. The van der Waals surface area contributed by atoms with Gasteiger partial charge in [-0.25, -0.2) is 4.39 Å². The predicted octanol–water partition coefficient (Wildman–Crippen LogP) is 4.32. The molecular weight excluding hydrogens is 368 g/mol. The molecule has 0 saturated heterocycles. The number of hydrogen-bond donors (Lipinski definition) is 1. The summed E-state index contributed by atoms with van der Waals surface area (Å²) >= 11 is 11.8. The normalized spacial score (nSPS) is 14.1. The zero-order valence-corrected chi connectivity index (χ0v) is 15.0. The topological polar surface area (TPSA) is 47.6 Å². The van der Waals surface area contributed by atoms with Crippen LogP contribution in [0.4, 0.5) is 4.39 Å². The molecule has 1 N–H and O–H groups in total. The fraction of sp³-hybridized carbons (Fsp3) is 0.278. The van der Waals surface area contributed by atoms with E-state index in [9.17, 15) is 9.18 Å². The van der Waals surface area contributed by atoms with Gasteiger partial charge in [-0.3, -0.25) is 4.79 Å². The highest BCUT2D eigenvalue weighted by atomic mass is 35.5. The number of fused-ring (bicyclic) bond motifs is 1. The van der Waals surface area contributed by atoms with E-state index in [1.807, 2.05) is 6.07 Å². The molecule has 3 rings (SSSR count). The Hall–Kier alpha value is -1.98. The molecule has 132 valence electrons. The quantitative estimate of drug-likeness (QED) is 0.799. The Morgan fingerprint density at radius 2 is 1.88 bits per heavy atom. The van der Waals surface area contributed by atoms with E-state index in [2.05, 4.69) is 5.32 Å². The largest absolute Gasteiger partial charge is 0.486 e. The molecule has 0 aliphatic carbocycles. The number of benzene rings is 2. The van der Waals surface area contributed by atoms with E-state index >= 15 is 0 Å². The van der Waals surface area contributed by atoms with Crippen molar-refractivity contribution in [2.24, 2.45) is 0 Å². The van der Waals surface area contributed by atoms with Gasteiger partial charge in [0.05, 0.1) is 17.5 Å². The maximum Gasteiger partial charge on any atom is 0.224 e. The smallest absolute Gasteiger partial charge is 0.224 e. The highest BCUT2D eigenvalue weighted by Crippen LogP contribution is 2.31. The van der Waals surface area contributed by atoms with Gasteiger partial charge >= 0.3 is 0 Å². The van der Waals surface area contributed by atoms with Crippen molar-refractivity contribution < 1.29 is 18.7 Å². The number of halogens is 3. The molecule has 25 heavy (non-hydrogen) atoms. The summed E-state index contributed by atoms with van der Waals surface area (Å²) in [4.78, 5) is 12.3. The third kappa shape index (κ3) is 4.17. The van der Waals surface area contributed by atoms with Crippen LogP contribution in [0.2, 0.25) is 10.0 Å².